The van der Waals surface area contributed by atoms with E-state index in [-0.39, 0.29) is 0 Å². The Hall–Kier alpha value is -7.40. The van der Waals surface area contributed by atoms with Crippen LogP contribution in [-0.4, -0.2) is 4.57 Å². The molecule has 3 nitrogen and oxygen atoms in total. The first-order valence-electron chi connectivity index (χ1n) is 19.7. The van der Waals surface area contributed by atoms with E-state index in [1.54, 1.807) is 0 Å². The molecular weight excluding hydrogens is 725 g/mol. The van der Waals surface area contributed by atoms with E-state index in [2.05, 4.69) is 216 Å². The molecule has 0 bridgehead atoms. The van der Waals surface area contributed by atoms with Crippen molar-refractivity contribution in [3.05, 3.63) is 206 Å². The predicted molar refractivity (Wildman–Crippen MR) is 247 cm³/mol. The van der Waals surface area contributed by atoms with Crippen molar-refractivity contribution in [2.75, 3.05) is 4.90 Å². The maximum Gasteiger partial charge on any atom is 0.145 e. The lowest BCUT2D eigenvalue weighted by Crippen LogP contribution is -2.11. The van der Waals surface area contributed by atoms with Crippen LogP contribution in [0.2, 0.25) is 0 Å². The third-order valence-electron chi connectivity index (χ3n) is 11.6. The Morgan fingerprint density at radius 1 is 0.414 bits per heavy atom. The molecule has 0 spiro atoms. The van der Waals surface area contributed by atoms with Gasteiger partial charge in [-0.25, -0.2) is 0 Å². The predicted octanol–water partition coefficient (Wildman–Crippen LogP) is 15.9. The number of nitrogens with zero attached hydrogens (tertiary/aromatic N) is 2. The van der Waals surface area contributed by atoms with Crippen LogP contribution in [0.1, 0.15) is 0 Å². The summed E-state index contributed by atoms with van der Waals surface area (Å²) >= 11 is 1.85. The number of furan rings is 1. The number of aromatic nitrogens is 1. The van der Waals surface area contributed by atoms with Crippen molar-refractivity contribution in [1.29, 1.82) is 0 Å². The number of para-hydroxylation sites is 2. The highest BCUT2D eigenvalue weighted by Gasteiger charge is 2.24. The molecule has 0 saturated carbocycles. The topological polar surface area (TPSA) is 21.3 Å². The number of anilines is 3. The minimum atomic E-state index is 0.861. The third kappa shape index (κ3) is 5.12. The molecule has 0 saturated heterocycles. The number of hydrogen-bond donors (Lipinski definition) is 0. The summed E-state index contributed by atoms with van der Waals surface area (Å²) in [6, 6.07) is 74.3. The smallest absolute Gasteiger partial charge is 0.145 e. The van der Waals surface area contributed by atoms with Crippen molar-refractivity contribution in [1.82, 2.24) is 4.57 Å². The highest BCUT2D eigenvalue weighted by Crippen LogP contribution is 2.48. The van der Waals surface area contributed by atoms with Crippen molar-refractivity contribution >= 4 is 92.3 Å². The lowest BCUT2D eigenvalue weighted by atomic mass is 9.98. The maximum atomic E-state index is 7.02. The van der Waals surface area contributed by atoms with Gasteiger partial charge in [0, 0.05) is 59.0 Å². The van der Waals surface area contributed by atoms with E-state index in [4.69, 9.17) is 4.42 Å². The normalized spacial score (nSPS) is 11.8. The van der Waals surface area contributed by atoms with Gasteiger partial charge >= 0.3 is 0 Å². The van der Waals surface area contributed by atoms with Gasteiger partial charge in [0.05, 0.1) is 22.1 Å². The van der Waals surface area contributed by atoms with E-state index in [1.807, 2.05) is 11.3 Å². The first-order valence-corrected chi connectivity index (χ1v) is 20.5. The van der Waals surface area contributed by atoms with Crippen LogP contribution in [-0.2, 0) is 0 Å². The fourth-order valence-corrected chi connectivity index (χ4v) is 10.1. The maximum absolute atomic E-state index is 7.02. The van der Waals surface area contributed by atoms with E-state index in [0.29, 0.717) is 0 Å². The summed E-state index contributed by atoms with van der Waals surface area (Å²) in [5.74, 6) is 0. The molecule has 12 rings (SSSR count). The summed E-state index contributed by atoms with van der Waals surface area (Å²) in [6.07, 6.45) is 0. The summed E-state index contributed by atoms with van der Waals surface area (Å²) in [7, 11) is 0. The zero-order valence-corrected chi connectivity index (χ0v) is 32.2. The minimum Gasteiger partial charge on any atom is -0.455 e. The molecular formula is C54H34N2OS. The minimum absolute atomic E-state index is 0.861. The third-order valence-corrected chi connectivity index (χ3v) is 12.7. The molecule has 0 radical (unpaired) electrons. The van der Waals surface area contributed by atoms with Gasteiger partial charge in [-0.3, -0.25) is 0 Å². The Balaban J connectivity index is 1.14. The molecule has 4 heteroatoms. The van der Waals surface area contributed by atoms with Gasteiger partial charge in [-0.15, -0.1) is 11.3 Å². The fourth-order valence-electron chi connectivity index (χ4n) is 8.96. The highest BCUT2D eigenvalue weighted by atomic mass is 32.1. The Bertz CT molecular complexity index is 3470. The summed E-state index contributed by atoms with van der Waals surface area (Å²) in [5, 5.41) is 7.21. The molecule has 0 unspecified atom stereocenters. The molecule has 0 N–H and O–H groups in total. The molecule has 0 atom stereocenters. The van der Waals surface area contributed by atoms with Gasteiger partial charge < -0.3 is 13.9 Å². The van der Waals surface area contributed by atoms with E-state index in [1.165, 1.54) is 42.0 Å². The van der Waals surface area contributed by atoms with Crippen molar-refractivity contribution in [3.63, 3.8) is 0 Å². The zero-order valence-electron chi connectivity index (χ0n) is 31.3. The molecule has 0 aliphatic rings. The van der Waals surface area contributed by atoms with Crippen molar-refractivity contribution < 1.29 is 4.42 Å². The second kappa shape index (κ2) is 13.1. The van der Waals surface area contributed by atoms with Gasteiger partial charge in [-0.05, 0) is 89.5 Å². The van der Waals surface area contributed by atoms with Crippen molar-refractivity contribution in [2.24, 2.45) is 0 Å². The summed E-state index contributed by atoms with van der Waals surface area (Å²) in [4.78, 5) is 2.43. The van der Waals surface area contributed by atoms with Crippen LogP contribution >= 0.6 is 11.3 Å². The Kier molecular flexibility index (Phi) is 7.40. The Morgan fingerprint density at radius 2 is 1.05 bits per heavy atom. The standard InChI is InChI=1S/C54H34N2OS/c1-3-14-35(15-4-1)37-26-28-46-50(32-37)57-54-41(36-16-5-2-6-17-36)30-31-49(53(46)54)55(40-27-29-45-44-22-9-12-25-51(44)58-52(45)34-40)38-18-13-19-39(33-38)56-47-23-10-7-20-42(47)43-21-8-11-24-48(43)56/h1-34H. The van der Waals surface area contributed by atoms with Crippen molar-refractivity contribution in [2.45, 2.75) is 0 Å². The van der Waals surface area contributed by atoms with Crippen LogP contribution in [0, 0.1) is 0 Å². The van der Waals surface area contributed by atoms with E-state index in [0.717, 1.165) is 66.9 Å². The van der Waals surface area contributed by atoms with Crippen LogP contribution in [0.15, 0.2) is 211 Å². The van der Waals surface area contributed by atoms with Crippen LogP contribution in [0.5, 0.6) is 0 Å². The monoisotopic (exact) mass is 758 g/mol. The van der Waals surface area contributed by atoms with Crippen molar-refractivity contribution in [3.8, 4) is 27.9 Å². The molecule has 9 aromatic carbocycles. The summed E-state index contributed by atoms with van der Waals surface area (Å²) in [5.41, 5.74) is 12.9. The second-order valence-corrected chi connectivity index (χ2v) is 16.0. The molecule has 272 valence electrons. The van der Waals surface area contributed by atoms with E-state index < -0.39 is 0 Å². The summed E-state index contributed by atoms with van der Waals surface area (Å²) in [6.45, 7) is 0. The van der Waals surface area contributed by atoms with Crippen LogP contribution in [0.4, 0.5) is 17.1 Å². The Labute approximate surface area is 338 Å². The second-order valence-electron chi connectivity index (χ2n) is 14.9. The molecule has 0 amide bonds. The van der Waals surface area contributed by atoms with Gasteiger partial charge in [0.2, 0.25) is 0 Å². The van der Waals surface area contributed by atoms with Gasteiger partial charge in [0.15, 0.2) is 0 Å². The molecule has 3 aromatic heterocycles. The molecule has 0 aliphatic heterocycles. The van der Waals surface area contributed by atoms with Crippen LogP contribution in [0.25, 0.3) is 91.9 Å². The zero-order chi connectivity index (χ0) is 38.2. The SMILES string of the molecule is c1ccc(-c2ccc3c(c2)oc2c(-c4ccccc4)ccc(N(c4cccc(-n5c6ccccc6c6ccccc65)c4)c4ccc5c(c4)sc4ccccc45)c23)cc1. The number of rotatable bonds is 6. The largest absolute Gasteiger partial charge is 0.455 e. The van der Waals surface area contributed by atoms with Gasteiger partial charge in [0.1, 0.15) is 11.2 Å². The number of fused-ring (bicyclic) bond motifs is 9. The average molecular weight is 759 g/mol. The molecule has 0 fully saturated rings. The van der Waals surface area contributed by atoms with Crippen LogP contribution < -0.4 is 4.90 Å². The van der Waals surface area contributed by atoms with Gasteiger partial charge in [0.25, 0.3) is 0 Å². The van der Waals surface area contributed by atoms with Crippen LogP contribution in [0.3, 0.4) is 0 Å². The molecule has 0 aliphatic carbocycles. The van der Waals surface area contributed by atoms with E-state index >= 15 is 0 Å². The number of hydrogen-bond acceptors (Lipinski definition) is 3. The number of thiophene rings is 1. The molecule has 58 heavy (non-hydrogen) atoms. The Morgan fingerprint density at radius 3 is 1.83 bits per heavy atom. The first-order chi connectivity index (χ1) is 28.8. The van der Waals surface area contributed by atoms with Gasteiger partial charge in [-0.1, -0.05) is 133 Å². The van der Waals surface area contributed by atoms with E-state index in [9.17, 15) is 0 Å². The lowest BCUT2D eigenvalue weighted by molar-refractivity contribution is 0.670. The molecule has 12 aromatic rings. The highest BCUT2D eigenvalue weighted by molar-refractivity contribution is 7.25. The lowest BCUT2D eigenvalue weighted by Gasteiger charge is -2.27. The first kappa shape index (κ1) is 32.8. The molecule has 3 heterocycles. The summed E-state index contributed by atoms with van der Waals surface area (Å²) < 4.78 is 12.0. The number of benzene rings is 9. The quantitative estimate of drug-likeness (QED) is 0.168. The fraction of sp³-hybridized carbons (Fsp3) is 0. The van der Waals surface area contributed by atoms with Gasteiger partial charge in [-0.2, -0.15) is 0 Å². The average Bonchev–Trinajstić information content (AvgIpc) is 3.97.